The summed E-state index contributed by atoms with van der Waals surface area (Å²) < 4.78 is 10.8. The molecule has 0 spiro atoms. The molecular formula is C46H74O4Si2. The SMILES string of the molecule is CC(C)C(=O)OC1c2ccccc2-c2ccccc21.CC(C)C(=O)OCC[Si](C)(C)C.CC(C)[Si](C)(C)C(C)(C)C.Cc1ccc(CC(C)C)cc1. The van der Waals surface area contributed by atoms with Crippen molar-refractivity contribution in [3.05, 3.63) is 95.1 Å². The summed E-state index contributed by atoms with van der Waals surface area (Å²) in [6.45, 7) is 38.3. The van der Waals surface area contributed by atoms with E-state index in [4.69, 9.17) is 9.47 Å². The molecule has 0 aromatic heterocycles. The van der Waals surface area contributed by atoms with Crippen LogP contribution in [0.25, 0.3) is 11.1 Å². The van der Waals surface area contributed by atoms with Crippen LogP contribution in [0.4, 0.5) is 0 Å². The minimum absolute atomic E-state index is 0.00614. The lowest BCUT2D eigenvalue weighted by molar-refractivity contribution is -0.151. The molecule has 0 heterocycles. The van der Waals surface area contributed by atoms with E-state index >= 15 is 0 Å². The van der Waals surface area contributed by atoms with Crippen LogP contribution >= 0.6 is 0 Å². The Hall–Kier alpha value is -2.97. The Kier molecular flexibility index (Phi) is 19.1. The Balaban J connectivity index is 0.000000362. The van der Waals surface area contributed by atoms with Crippen LogP contribution in [0.5, 0.6) is 0 Å². The highest BCUT2D eigenvalue weighted by Gasteiger charge is 2.37. The van der Waals surface area contributed by atoms with Crippen LogP contribution in [0.1, 0.15) is 105 Å². The maximum atomic E-state index is 11.9. The zero-order valence-corrected chi connectivity index (χ0v) is 38.1. The van der Waals surface area contributed by atoms with Crippen LogP contribution in [0.3, 0.4) is 0 Å². The Morgan fingerprint density at radius 1 is 0.673 bits per heavy atom. The molecule has 0 radical (unpaired) electrons. The lowest BCUT2D eigenvalue weighted by Crippen LogP contribution is -2.39. The van der Waals surface area contributed by atoms with E-state index in [9.17, 15) is 9.59 Å². The number of esters is 2. The lowest BCUT2D eigenvalue weighted by atomic mass is 10.0. The van der Waals surface area contributed by atoms with Gasteiger partial charge in [-0.3, -0.25) is 9.59 Å². The van der Waals surface area contributed by atoms with Gasteiger partial charge in [-0.25, -0.2) is 0 Å². The molecule has 0 atom stereocenters. The number of carbonyl (C=O) groups excluding carboxylic acids is 2. The second-order valence-corrected chi connectivity index (χ2v) is 30.2. The van der Waals surface area contributed by atoms with Gasteiger partial charge in [0.25, 0.3) is 0 Å². The zero-order chi connectivity index (χ0) is 40.0. The van der Waals surface area contributed by atoms with Crippen molar-refractivity contribution in [3.63, 3.8) is 0 Å². The van der Waals surface area contributed by atoms with E-state index in [2.05, 4.69) is 125 Å². The fourth-order valence-electron chi connectivity index (χ4n) is 5.17. The number of aryl methyl sites for hydroxylation is 1. The molecule has 0 saturated carbocycles. The van der Waals surface area contributed by atoms with Gasteiger partial charge in [0.05, 0.1) is 26.5 Å². The Morgan fingerprint density at radius 2 is 1.12 bits per heavy atom. The minimum Gasteiger partial charge on any atom is -0.466 e. The summed E-state index contributed by atoms with van der Waals surface area (Å²) in [6.07, 6.45) is 0.933. The van der Waals surface area contributed by atoms with Crippen LogP contribution in [0.15, 0.2) is 72.8 Å². The summed E-state index contributed by atoms with van der Waals surface area (Å²) in [7, 11) is -2.02. The van der Waals surface area contributed by atoms with Crippen molar-refractivity contribution in [1.29, 1.82) is 0 Å². The zero-order valence-electron chi connectivity index (χ0n) is 36.1. The maximum Gasteiger partial charge on any atom is 0.309 e. The van der Waals surface area contributed by atoms with Crippen molar-refractivity contribution < 1.29 is 19.1 Å². The van der Waals surface area contributed by atoms with E-state index in [1.807, 2.05) is 64.1 Å². The first kappa shape index (κ1) is 47.1. The van der Waals surface area contributed by atoms with Crippen molar-refractivity contribution in [3.8, 4) is 11.1 Å². The van der Waals surface area contributed by atoms with Gasteiger partial charge < -0.3 is 9.47 Å². The number of benzene rings is 3. The molecule has 290 valence electrons. The molecule has 0 N–H and O–H groups in total. The number of rotatable bonds is 9. The van der Waals surface area contributed by atoms with Gasteiger partial charge in [0.2, 0.25) is 0 Å². The number of ether oxygens (including phenoxy) is 2. The van der Waals surface area contributed by atoms with Crippen LogP contribution in [-0.2, 0) is 25.5 Å². The minimum atomic E-state index is -1.04. The van der Waals surface area contributed by atoms with E-state index < -0.39 is 16.1 Å². The normalized spacial score (nSPS) is 12.6. The molecule has 52 heavy (non-hydrogen) atoms. The van der Waals surface area contributed by atoms with Gasteiger partial charge in [0.1, 0.15) is 0 Å². The molecule has 0 saturated heterocycles. The molecule has 3 aromatic carbocycles. The quantitative estimate of drug-likeness (QED) is 0.162. The molecule has 0 aliphatic heterocycles. The number of carbonyl (C=O) groups is 2. The van der Waals surface area contributed by atoms with Crippen molar-refractivity contribution in [2.45, 2.75) is 145 Å². The van der Waals surface area contributed by atoms with E-state index in [1.165, 1.54) is 28.7 Å². The summed E-state index contributed by atoms with van der Waals surface area (Å²) in [5, 5.41) is 0.557. The van der Waals surface area contributed by atoms with Crippen molar-refractivity contribution >= 4 is 28.1 Å². The third-order valence-corrected chi connectivity index (χ3v) is 18.6. The highest BCUT2D eigenvalue weighted by atomic mass is 28.3. The van der Waals surface area contributed by atoms with E-state index in [0.29, 0.717) is 11.6 Å². The molecule has 4 rings (SSSR count). The molecule has 0 fully saturated rings. The molecule has 1 aliphatic carbocycles. The lowest BCUT2D eigenvalue weighted by Gasteiger charge is -2.40. The summed E-state index contributed by atoms with van der Waals surface area (Å²) in [5.74, 6) is 0.425. The summed E-state index contributed by atoms with van der Waals surface area (Å²) >= 11 is 0. The van der Waals surface area contributed by atoms with Gasteiger partial charge in [-0.15, -0.1) is 0 Å². The fourth-order valence-corrected chi connectivity index (χ4v) is 7.62. The maximum absolute atomic E-state index is 11.9. The molecule has 6 heteroatoms. The van der Waals surface area contributed by atoms with Crippen LogP contribution in [0.2, 0.25) is 49.4 Å². The smallest absolute Gasteiger partial charge is 0.309 e. The first-order valence-electron chi connectivity index (χ1n) is 19.5. The molecular weight excluding hydrogens is 673 g/mol. The van der Waals surface area contributed by atoms with Gasteiger partial charge in [-0.2, -0.15) is 0 Å². The third-order valence-electron chi connectivity index (χ3n) is 10.2. The summed E-state index contributed by atoms with van der Waals surface area (Å²) in [6, 6.07) is 26.1. The first-order valence-corrected chi connectivity index (χ1v) is 26.3. The Bertz CT molecular complexity index is 1460. The molecule has 0 unspecified atom stereocenters. The van der Waals surface area contributed by atoms with E-state index in [0.717, 1.165) is 28.6 Å². The van der Waals surface area contributed by atoms with Crippen molar-refractivity contribution in [2.24, 2.45) is 17.8 Å². The molecule has 4 nitrogen and oxygen atoms in total. The van der Waals surface area contributed by atoms with Crippen molar-refractivity contribution in [2.75, 3.05) is 6.61 Å². The van der Waals surface area contributed by atoms with Gasteiger partial charge >= 0.3 is 11.9 Å². The van der Waals surface area contributed by atoms with Gasteiger partial charge in [-0.05, 0) is 47.0 Å². The van der Waals surface area contributed by atoms with Crippen LogP contribution < -0.4 is 0 Å². The summed E-state index contributed by atoms with van der Waals surface area (Å²) in [4.78, 5) is 22.9. The highest BCUT2D eigenvalue weighted by Crippen LogP contribution is 2.45. The second-order valence-electron chi connectivity index (χ2n) is 18.5. The van der Waals surface area contributed by atoms with Gasteiger partial charge in [0, 0.05) is 19.2 Å². The predicted octanol–water partition coefficient (Wildman–Crippen LogP) is 13.6. The Labute approximate surface area is 321 Å². The fraction of sp³-hybridized carbons (Fsp3) is 0.565. The molecule has 0 bridgehead atoms. The third kappa shape index (κ3) is 16.0. The van der Waals surface area contributed by atoms with Crippen LogP contribution in [-0.4, -0.2) is 34.7 Å². The monoisotopic (exact) mass is 747 g/mol. The van der Waals surface area contributed by atoms with Crippen LogP contribution in [0, 0.1) is 24.7 Å². The average molecular weight is 747 g/mol. The number of hydrogen-bond donors (Lipinski definition) is 0. The van der Waals surface area contributed by atoms with Gasteiger partial charge in [0.15, 0.2) is 6.10 Å². The Morgan fingerprint density at radius 3 is 1.46 bits per heavy atom. The van der Waals surface area contributed by atoms with E-state index in [-0.39, 0.29) is 29.9 Å². The standard InChI is InChI=1S/C17H16O2.C11H16.C9H20O2Si.C9H22Si/c1-11(2)17(18)19-16-14-9-5-3-7-12(14)13-8-4-6-10-15(13)16;1-9(2)8-11-6-4-10(3)5-7-11;1-8(2)9(10)11-6-7-12(3,4)5;1-8(2)10(6,7)9(3,4)5/h3-11,16H,1-2H3;4-7,9H,8H2,1-3H3;8H,6-7H2,1-5H3;8H,1-7H3. The summed E-state index contributed by atoms with van der Waals surface area (Å²) in [5.41, 5.74) is 8.19. The molecule has 3 aromatic rings. The molecule has 1 aliphatic rings. The number of hydrogen-bond acceptors (Lipinski definition) is 4. The second kappa shape index (κ2) is 21.1. The van der Waals surface area contributed by atoms with Crippen molar-refractivity contribution in [1.82, 2.24) is 0 Å². The van der Waals surface area contributed by atoms with Gasteiger partial charge in [-0.1, -0.05) is 193 Å². The first-order chi connectivity index (χ1) is 23.9. The predicted molar refractivity (Wildman–Crippen MR) is 231 cm³/mol. The molecule has 0 amide bonds. The largest absolute Gasteiger partial charge is 0.466 e. The topological polar surface area (TPSA) is 52.6 Å². The number of fused-ring (bicyclic) bond motifs is 3. The highest BCUT2D eigenvalue weighted by molar-refractivity contribution is 6.81. The van der Waals surface area contributed by atoms with E-state index in [1.54, 1.807) is 0 Å². The average Bonchev–Trinajstić information content (AvgIpc) is 3.35.